The van der Waals surface area contributed by atoms with Crippen molar-refractivity contribution >= 4 is 15.8 Å². The molecule has 0 spiro atoms. The summed E-state index contributed by atoms with van der Waals surface area (Å²) in [7, 11) is -3.72. The predicted octanol–water partition coefficient (Wildman–Crippen LogP) is 6.37. The first-order valence-corrected chi connectivity index (χ1v) is 13.2. The Labute approximate surface area is 191 Å². The lowest BCUT2D eigenvalue weighted by Gasteiger charge is -2.19. The number of para-hydroxylation sites is 1. The minimum Gasteiger partial charge on any atom is -0.263 e. The average Bonchev–Trinajstić information content (AvgIpc) is 3.21. The van der Waals surface area contributed by atoms with Crippen molar-refractivity contribution in [2.75, 3.05) is 4.72 Å². The maximum absolute atomic E-state index is 13.2. The SMILES string of the molecule is CCCCc1ccc(S(=O)(=O)Nc2cc(C3CCCCC3)nn2-c2ccccc2C)cc1. The summed E-state index contributed by atoms with van der Waals surface area (Å²) < 4.78 is 31.0. The summed E-state index contributed by atoms with van der Waals surface area (Å²) in [4.78, 5) is 0.273. The summed E-state index contributed by atoms with van der Waals surface area (Å²) in [6.45, 7) is 4.17. The molecule has 1 aliphatic carbocycles. The molecular formula is C26H33N3O2S. The van der Waals surface area contributed by atoms with E-state index in [-0.39, 0.29) is 4.90 Å². The van der Waals surface area contributed by atoms with Crippen molar-refractivity contribution in [1.29, 1.82) is 0 Å². The van der Waals surface area contributed by atoms with E-state index >= 15 is 0 Å². The van der Waals surface area contributed by atoms with Crippen LogP contribution in [0.1, 0.15) is 74.6 Å². The molecule has 1 aromatic heterocycles. The Balaban J connectivity index is 1.67. The van der Waals surface area contributed by atoms with Gasteiger partial charge in [-0.15, -0.1) is 0 Å². The Bertz CT molecular complexity index is 1140. The van der Waals surface area contributed by atoms with Crippen molar-refractivity contribution in [1.82, 2.24) is 9.78 Å². The average molecular weight is 452 g/mol. The zero-order valence-electron chi connectivity index (χ0n) is 19.0. The maximum atomic E-state index is 13.2. The molecule has 32 heavy (non-hydrogen) atoms. The lowest BCUT2D eigenvalue weighted by Crippen LogP contribution is -2.16. The van der Waals surface area contributed by atoms with Crippen LogP contribution < -0.4 is 4.72 Å². The van der Waals surface area contributed by atoms with Crippen LogP contribution in [0.4, 0.5) is 5.82 Å². The number of aryl methyl sites for hydroxylation is 2. The second-order valence-corrected chi connectivity index (χ2v) is 10.5. The largest absolute Gasteiger partial charge is 0.263 e. The van der Waals surface area contributed by atoms with Gasteiger partial charge in [-0.3, -0.25) is 4.72 Å². The van der Waals surface area contributed by atoms with Crippen molar-refractivity contribution in [3.63, 3.8) is 0 Å². The highest BCUT2D eigenvalue weighted by molar-refractivity contribution is 7.92. The molecule has 1 fully saturated rings. The van der Waals surface area contributed by atoms with Crippen LogP contribution in [0.2, 0.25) is 0 Å². The lowest BCUT2D eigenvalue weighted by molar-refractivity contribution is 0.435. The summed E-state index contributed by atoms with van der Waals surface area (Å²) in [6, 6.07) is 17.1. The maximum Gasteiger partial charge on any atom is 0.263 e. The molecule has 6 heteroatoms. The van der Waals surface area contributed by atoms with E-state index in [0.29, 0.717) is 11.7 Å². The number of rotatable bonds is 8. The van der Waals surface area contributed by atoms with Crippen LogP contribution in [-0.4, -0.2) is 18.2 Å². The van der Waals surface area contributed by atoms with Crippen molar-refractivity contribution in [3.05, 3.63) is 71.4 Å². The third-order valence-electron chi connectivity index (χ3n) is 6.39. The molecule has 1 heterocycles. The van der Waals surface area contributed by atoms with Gasteiger partial charge in [-0.25, -0.2) is 13.1 Å². The molecule has 0 saturated heterocycles. The molecule has 0 unspecified atom stereocenters. The number of benzene rings is 2. The van der Waals surface area contributed by atoms with Crippen LogP contribution in [0.25, 0.3) is 5.69 Å². The molecule has 0 bridgehead atoms. The van der Waals surface area contributed by atoms with Gasteiger partial charge < -0.3 is 0 Å². The zero-order chi connectivity index (χ0) is 22.6. The highest BCUT2D eigenvalue weighted by atomic mass is 32.2. The Morgan fingerprint density at radius 1 is 1.03 bits per heavy atom. The van der Waals surface area contributed by atoms with Crippen LogP contribution in [0, 0.1) is 6.92 Å². The van der Waals surface area contributed by atoms with E-state index in [0.717, 1.165) is 54.6 Å². The van der Waals surface area contributed by atoms with Gasteiger partial charge >= 0.3 is 0 Å². The normalized spacial score (nSPS) is 15.1. The van der Waals surface area contributed by atoms with Gasteiger partial charge in [-0.1, -0.05) is 62.9 Å². The van der Waals surface area contributed by atoms with Crippen LogP contribution in [0.15, 0.2) is 59.5 Å². The van der Waals surface area contributed by atoms with E-state index in [4.69, 9.17) is 5.10 Å². The standard InChI is InChI=1S/C26H33N3O2S/c1-3-4-11-21-15-17-23(18-16-21)32(30,31)28-26-19-24(22-12-6-5-7-13-22)27-29(26)25-14-9-8-10-20(25)2/h8-10,14-19,22,28H,3-7,11-13H2,1-2H3. The molecule has 0 radical (unpaired) electrons. The van der Waals surface area contributed by atoms with E-state index in [9.17, 15) is 8.42 Å². The minimum absolute atomic E-state index is 0.273. The van der Waals surface area contributed by atoms with Gasteiger partial charge in [0.15, 0.2) is 0 Å². The van der Waals surface area contributed by atoms with Crippen LogP contribution in [0.5, 0.6) is 0 Å². The molecule has 0 amide bonds. The Kier molecular flexibility index (Phi) is 6.99. The quantitative estimate of drug-likeness (QED) is 0.433. The molecule has 0 aliphatic heterocycles. The van der Waals surface area contributed by atoms with E-state index in [1.165, 1.54) is 19.3 Å². The summed E-state index contributed by atoms with van der Waals surface area (Å²) in [5, 5.41) is 4.88. The van der Waals surface area contributed by atoms with Crippen LogP contribution in [-0.2, 0) is 16.4 Å². The summed E-state index contributed by atoms with van der Waals surface area (Å²) in [6.07, 6.45) is 9.07. The number of anilines is 1. The van der Waals surface area contributed by atoms with Gasteiger partial charge in [-0.05, 0) is 61.9 Å². The fourth-order valence-corrected chi connectivity index (χ4v) is 5.50. The van der Waals surface area contributed by atoms with Crippen LogP contribution in [0.3, 0.4) is 0 Å². The third-order valence-corrected chi connectivity index (χ3v) is 7.76. The van der Waals surface area contributed by atoms with Gasteiger partial charge in [0.25, 0.3) is 10.0 Å². The third kappa shape index (κ3) is 5.07. The number of hydrogen-bond donors (Lipinski definition) is 1. The van der Waals surface area contributed by atoms with Gasteiger partial charge in [0.05, 0.1) is 16.3 Å². The van der Waals surface area contributed by atoms with Gasteiger partial charge in [0.2, 0.25) is 0 Å². The molecule has 170 valence electrons. The fourth-order valence-electron chi connectivity index (χ4n) is 4.47. The zero-order valence-corrected chi connectivity index (χ0v) is 19.9. The smallest absolute Gasteiger partial charge is 0.263 e. The van der Waals surface area contributed by atoms with Gasteiger partial charge in [0, 0.05) is 12.0 Å². The second-order valence-electron chi connectivity index (χ2n) is 8.84. The Morgan fingerprint density at radius 2 is 1.75 bits per heavy atom. The first-order valence-electron chi connectivity index (χ1n) is 11.8. The number of sulfonamides is 1. The number of nitrogens with zero attached hydrogens (tertiary/aromatic N) is 2. The predicted molar refractivity (Wildman–Crippen MR) is 130 cm³/mol. The fraction of sp³-hybridized carbons (Fsp3) is 0.423. The summed E-state index contributed by atoms with van der Waals surface area (Å²) in [5.74, 6) is 0.880. The monoisotopic (exact) mass is 451 g/mol. The Morgan fingerprint density at radius 3 is 2.44 bits per heavy atom. The topological polar surface area (TPSA) is 64.0 Å². The highest BCUT2D eigenvalue weighted by Gasteiger charge is 2.24. The summed E-state index contributed by atoms with van der Waals surface area (Å²) in [5.41, 5.74) is 4.07. The van der Waals surface area contributed by atoms with Crippen molar-refractivity contribution in [2.24, 2.45) is 0 Å². The molecule has 2 aromatic carbocycles. The first-order chi connectivity index (χ1) is 15.5. The second kappa shape index (κ2) is 9.90. The van der Waals surface area contributed by atoms with E-state index in [1.807, 2.05) is 49.4 Å². The van der Waals surface area contributed by atoms with Gasteiger partial charge in [0.1, 0.15) is 5.82 Å². The van der Waals surface area contributed by atoms with Crippen LogP contribution >= 0.6 is 0 Å². The van der Waals surface area contributed by atoms with E-state index in [2.05, 4.69) is 11.6 Å². The number of nitrogens with one attached hydrogen (secondary N) is 1. The molecular weight excluding hydrogens is 418 g/mol. The van der Waals surface area contributed by atoms with Crippen molar-refractivity contribution < 1.29 is 8.42 Å². The first kappa shape index (κ1) is 22.6. The molecule has 5 nitrogen and oxygen atoms in total. The van der Waals surface area contributed by atoms with E-state index in [1.54, 1.807) is 16.8 Å². The Hall–Kier alpha value is -2.60. The number of aromatic nitrogens is 2. The van der Waals surface area contributed by atoms with Crippen molar-refractivity contribution in [3.8, 4) is 5.69 Å². The molecule has 4 rings (SSSR count). The van der Waals surface area contributed by atoms with Gasteiger partial charge in [-0.2, -0.15) is 5.10 Å². The minimum atomic E-state index is -3.72. The number of unbranched alkanes of at least 4 members (excludes halogenated alkanes) is 1. The van der Waals surface area contributed by atoms with E-state index < -0.39 is 10.0 Å². The molecule has 1 aliphatic rings. The number of hydrogen-bond acceptors (Lipinski definition) is 3. The molecule has 1 saturated carbocycles. The lowest BCUT2D eigenvalue weighted by atomic mass is 9.87. The highest BCUT2D eigenvalue weighted by Crippen LogP contribution is 2.34. The molecule has 1 N–H and O–H groups in total. The molecule has 3 aromatic rings. The summed E-state index contributed by atoms with van der Waals surface area (Å²) >= 11 is 0. The van der Waals surface area contributed by atoms with Crippen molar-refractivity contribution in [2.45, 2.75) is 76.0 Å². The molecule has 0 atom stereocenters.